The second-order valence-electron chi connectivity index (χ2n) is 7.63. The maximum absolute atomic E-state index is 13.1. The molecule has 4 aromatic rings. The normalized spacial score (nSPS) is 12.0. The van der Waals surface area contributed by atoms with Crippen LogP contribution in [0.15, 0.2) is 97.1 Å². The molecular formula is C28H20O2. The van der Waals surface area contributed by atoms with Gasteiger partial charge in [-0.2, -0.15) is 0 Å². The van der Waals surface area contributed by atoms with Crippen LogP contribution >= 0.6 is 0 Å². The summed E-state index contributed by atoms with van der Waals surface area (Å²) in [6.07, 6.45) is 1.32. The molecule has 4 aromatic carbocycles. The molecule has 0 spiro atoms. The zero-order chi connectivity index (χ0) is 20.5. The Labute approximate surface area is 175 Å². The van der Waals surface area contributed by atoms with Crippen LogP contribution in [0.3, 0.4) is 0 Å². The number of rotatable bonds is 4. The van der Waals surface area contributed by atoms with Crippen molar-refractivity contribution in [3.63, 3.8) is 0 Å². The Morgan fingerprint density at radius 3 is 1.27 bits per heavy atom. The third kappa shape index (κ3) is 3.17. The van der Waals surface area contributed by atoms with E-state index in [1.54, 1.807) is 0 Å². The number of carbonyl (C=O) groups excluding carboxylic acids is 2. The first-order chi connectivity index (χ1) is 14.7. The molecule has 1 aliphatic carbocycles. The van der Waals surface area contributed by atoms with Gasteiger partial charge in [-0.15, -0.1) is 0 Å². The van der Waals surface area contributed by atoms with Crippen LogP contribution in [-0.4, -0.2) is 11.6 Å². The molecule has 144 valence electrons. The lowest BCUT2D eigenvalue weighted by Crippen LogP contribution is -2.17. The molecule has 30 heavy (non-hydrogen) atoms. The van der Waals surface area contributed by atoms with Gasteiger partial charge in [-0.1, -0.05) is 97.1 Å². The lowest BCUT2D eigenvalue weighted by molar-refractivity contribution is 0.102. The lowest BCUT2D eigenvalue weighted by atomic mass is 9.79. The second kappa shape index (κ2) is 7.57. The van der Waals surface area contributed by atoms with E-state index < -0.39 is 0 Å². The molecule has 0 unspecified atom stereocenters. The van der Waals surface area contributed by atoms with Crippen LogP contribution in [0.2, 0.25) is 0 Å². The highest BCUT2D eigenvalue weighted by molar-refractivity contribution is 6.11. The number of hydrogen-bond acceptors (Lipinski definition) is 2. The molecule has 0 aliphatic heterocycles. The minimum atomic E-state index is 0.0485. The summed E-state index contributed by atoms with van der Waals surface area (Å²) in [4.78, 5) is 26.3. The molecule has 5 rings (SSSR count). The molecule has 2 heteroatoms. The van der Waals surface area contributed by atoms with Gasteiger partial charge in [0, 0.05) is 22.3 Å². The summed E-state index contributed by atoms with van der Waals surface area (Å²) in [5.41, 5.74) is 7.30. The molecular weight excluding hydrogens is 368 g/mol. The van der Waals surface area contributed by atoms with Crippen molar-refractivity contribution in [1.29, 1.82) is 0 Å². The summed E-state index contributed by atoms with van der Waals surface area (Å²) in [5.74, 6) is 0.0971. The van der Waals surface area contributed by atoms with Gasteiger partial charge in [0.25, 0.3) is 0 Å². The van der Waals surface area contributed by atoms with Crippen molar-refractivity contribution in [3.05, 3.63) is 142 Å². The van der Waals surface area contributed by atoms with E-state index in [0.717, 1.165) is 33.4 Å². The van der Waals surface area contributed by atoms with Crippen molar-refractivity contribution in [3.8, 4) is 0 Å². The Balaban J connectivity index is 1.55. The Hall–Kier alpha value is -3.78. The monoisotopic (exact) mass is 388 g/mol. The third-order valence-corrected chi connectivity index (χ3v) is 5.84. The van der Waals surface area contributed by atoms with Crippen LogP contribution in [0.1, 0.15) is 54.1 Å². The van der Waals surface area contributed by atoms with Gasteiger partial charge < -0.3 is 0 Å². The molecule has 0 saturated carbocycles. The molecule has 0 atom stereocenters. The molecule has 0 N–H and O–H groups in total. The number of fused-ring (bicyclic) bond motifs is 2. The lowest BCUT2D eigenvalue weighted by Gasteiger charge is -2.24. The van der Waals surface area contributed by atoms with Crippen LogP contribution in [-0.2, 0) is 12.8 Å². The zero-order valence-corrected chi connectivity index (χ0v) is 16.5. The second-order valence-corrected chi connectivity index (χ2v) is 7.63. The third-order valence-electron chi connectivity index (χ3n) is 5.84. The van der Waals surface area contributed by atoms with Crippen LogP contribution < -0.4 is 0 Å². The van der Waals surface area contributed by atoms with Crippen LogP contribution in [0.25, 0.3) is 0 Å². The minimum absolute atomic E-state index is 0.0485. The smallest absolute Gasteiger partial charge is 0.193 e. The highest BCUT2D eigenvalue weighted by atomic mass is 16.1. The first kappa shape index (κ1) is 18.3. The molecule has 0 saturated heterocycles. The molecule has 2 nitrogen and oxygen atoms in total. The first-order valence-electron chi connectivity index (χ1n) is 10.1. The van der Waals surface area contributed by atoms with Crippen LogP contribution in [0.5, 0.6) is 0 Å². The van der Waals surface area contributed by atoms with E-state index in [0.29, 0.717) is 24.0 Å². The Morgan fingerprint density at radius 2 is 0.867 bits per heavy atom. The van der Waals surface area contributed by atoms with E-state index in [1.807, 2.05) is 84.9 Å². The van der Waals surface area contributed by atoms with Crippen LogP contribution in [0, 0.1) is 0 Å². The van der Waals surface area contributed by atoms with E-state index in [1.165, 1.54) is 0 Å². The average molecular weight is 388 g/mol. The quantitative estimate of drug-likeness (QED) is 0.373. The van der Waals surface area contributed by atoms with E-state index in [-0.39, 0.29) is 11.6 Å². The van der Waals surface area contributed by atoms with Crippen molar-refractivity contribution in [2.75, 3.05) is 0 Å². The number of carbonyl (C=O) groups is 2. The fraction of sp³-hybridized carbons (Fsp3) is 0.0714. The average Bonchev–Trinajstić information content (AvgIpc) is 2.82. The summed E-state index contributed by atoms with van der Waals surface area (Å²) >= 11 is 0. The van der Waals surface area contributed by atoms with E-state index in [4.69, 9.17) is 0 Å². The molecule has 0 fully saturated rings. The van der Waals surface area contributed by atoms with E-state index >= 15 is 0 Å². The predicted molar refractivity (Wildman–Crippen MR) is 118 cm³/mol. The largest absolute Gasteiger partial charge is 0.289 e. The standard InChI is InChI=1S/C28H20O2/c29-27(19-9-3-1-4-10-19)23-15-7-13-21-18-26-22(17-25(21)23)14-8-16-24(26)28(30)20-11-5-2-6-12-20/h1-16H,17-18H2. The summed E-state index contributed by atoms with van der Waals surface area (Å²) in [5, 5.41) is 0. The van der Waals surface area contributed by atoms with Gasteiger partial charge in [0.1, 0.15) is 0 Å². The summed E-state index contributed by atoms with van der Waals surface area (Å²) in [7, 11) is 0. The molecule has 0 aromatic heterocycles. The van der Waals surface area contributed by atoms with Crippen LogP contribution in [0.4, 0.5) is 0 Å². The van der Waals surface area contributed by atoms with E-state index in [9.17, 15) is 9.59 Å². The van der Waals surface area contributed by atoms with Gasteiger partial charge >= 0.3 is 0 Å². The summed E-state index contributed by atoms with van der Waals surface area (Å²) in [6, 6.07) is 30.7. The Bertz CT molecular complexity index is 1150. The maximum Gasteiger partial charge on any atom is 0.193 e. The zero-order valence-electron chi connectivity index (χ0n) is 16.5. The summed E-state index contributed by atoms with van der Waals surface area (Å²) in [6.45, 7) is 0. The van der Waals surface area contributed by atoms with Crippen molar-refractivity contribution >= 4 is 11.6 Å². The van der Waals surface area contributed by atoms with Crippen molar-refractivity contribution in [2.45, 2.75) is 12.8 Å². The van der Waals surface area contributed by atoms with Crippen molar-refractivity contribution < 1.29 is 9.59 Å². The SMILES string of the molecule is O=C(c1ccccc1)c1cccc2c1Cc1cccc(C(=O)c3ccccc3)c1C2. The van der Waals surface area contributed by atoms with Gasteiger partial charge in [0.15, 0.2) is 11.6 Å². The minimum Gasteiger partial charge on any atom is -0.289 e. The van der Waals surface area contributed by atoms with Gasteiger partial charge in [-0.05, 0) is 35.1 Å². The fourth-order valence-corrected chi connectivity index (χ4v) is 4.31. The predicted octanol–water partition coefficient (Wildman–Crippen LogP) is 5.64. The number of benzene rings is 4. The van der Waals surface area contributed by atoms with Gasteiger partial charge in [-0.3, -0.25) is 9.59 Å². The Morgan fingerprint density at radius 1 is 0.467 bits per heavy atom. The first-order valence-corrected chi connectivity index (χ1v) is 10.1. The van der Waals surface area contributed by atoms with Gasteiger partial charge in [0.2, 0.25) is 0 Å². The molecule has 0 heterocycles. The van der Waals surface area contributed by atoms with Gasteiger partial charge in [-0.25, -0.2) is 0 Å². The Kier molecular flexibility index (Phi) is 4.61. The van der Waals surface area contributed by atoms with Gasteiger partial charge in [0.05, 0.1) is 0 Å². The molecule has 1 aliphatic rings. The topological polar surface area (TPSA) is 34.1 Å². The fourth-order valence-electron chi connectivity index (χ4n) is 4.31. The molecule has 0 amide bonds. The highest BCUT2D eigenvalue weighted by Gasteiger charge is 2.25. The number of hydrogen-bond donors (Lipinski definition) is 0. The van der Waals surface area contributed by atoms with Crippen molar-refractivity contribution in [1.82, 2.24) is 0 Å². The molecule has 0 radical (unpaired) electrons. The number of ketones is 2. The van der Waals surface area contributed by atoms with Crippen molar-refractivity contribution in [2.24, 2.45) is 0 Å². The summed E-state index contributed by atoms with van der Waals surface area (Å²) < 4.78 is 0. The maximum atomic E-state index is 13.1. The highest BCUT2D eigenvalue weighted by Crippen LogP contribution is 2.33. The van der Waals surface area contributed by atoms with E-state index in [2.05, 4.69) is 12.1 Å². The molecule has 0 bridgehead atoms.